The molecular weight excluding hydrogens is 280 g/mol. The van der Waals surface area contributed by atoms with Gasteiger partial charge < -0.3 is 10.5 Å². The first kappa shape index (κ1) is 12.3. The fourth-order valence-electron chi connectivity index (χ4n) is 1.79. The number of rotatable bonds is 3. The largest absolute Gasteiger partial charge is 0.483 e. The normalized spacial score (nSPS) is 10.8. The molecule has 0 bridgehead atoms. The molecule has 3 rings (SSSR count). The van der Waals surface area contributed by atoms with Gasteiger partial charge in [0.25, 0.3) is 0 Å². The molecule has 0 saturated carbocycles. The van der Waals surface area contributed by atoms with Crippen LogP contribution in [0.1, 0.15) is 5.01 Å². The van der Waals surface area contributed by atoms with Crippen molar-refractivity contribution in [1.82, 2.24) is 4.98 Å². The molecule has 5 heteroatoms. The minimum absolute atomic E-state index is 0.368. The van der Waals surface area contributed by atoms with Crippen molar-refractivity contribution in [3.05, 3.63) is 52.5 Å². The highest BCUT2D eigenvalue weighted by molar-refractivity contribution is 7.18. The molecule has 19 heavy (non-hydrogen) atoms. The topological polar surface area (TPSA) is 48.1 Å². The van der Waals surface area contributed by atoms with E-state index in [1.165, 1.54) is 0 Å². The minimum atomic E-state index is 0.368. The number of hydrogen-bond acceptors (Lipinski definition) is 4. The fourth-order valence-corrected chi connectivity index (χ4v) is 2.91. The van der Waals surface area contributed by atoms with Crippen molar-refractivity contribution in [1.29, 1.82) is 0 Å². The molecule has 0 atom stereocenters. The average molecular weight is 291 g/mol. The highest BCUT2D eigenvalue weighted by atomic mass is 35.5. The predicted octanol–water partition coefficient (Wildman–Crippen LogP) is 4.11. The van der Waals surface area contributed by atoms with E-state index >= 15 is 0 Å². The molecule has 0 fully saturated rings. The standard InChI is InChI=1S/C14H11ClN2OS/c15-9-4-3-5-10(16)14(9)18-8-13-17-11-6-1-2-7-12(11)19-13/h1-7H,8,16H2. The quantitative estimate of drug-likeness (QED) is 0.738. The Balaban J connectivity index is 1.82. The van der Waals surface area contributed by atoms with Gasteiger partial charge in [0, 0.05) is 0 Å². The Kier molecular flexibility index (Phi) is 3.27. The van der Waals surface area contributed by atoms with Crippen LogP contribution in [0.25, 0.3) is 10.2 Å². The van der Waals surface area contributed by atoms with Crippen LogP contribution in [0.2, 0.25) is 5.02 Å². The number of hydrogen-bond donors (Lipinski definition) is 1. The maximum absolute atomic E-state index is 6.05. The third kappa shape index (κ3) is 2.50. The van der Waals surface area contributed by atoms with Gasteiger partial charge in [0.2, 0.25) is 0 Å². The molecule has 2 N–H and O–H groups in total. The van der Waals surface area contributed by atoms with E-state index in [9.17, 15) is 0 Å². The fraction of sp³-hybridized carbons (Fsp3) is 0.0714. The van der Waals surface area contributed by atoms with Crippen LogP contribution >= 0.6 is 22.9 Å². The molecule has 0 radical (unpaired) electrons. The molecule has 0 aliphatic rings. The Morgan fingerprint density at radius 1 is 1.16 bits per heavy atom. The monoisotopic (exact) mass is 290 g/mol. The van der Waals surface area contributed by atoms with E-state index in [1.54, 1.807) is 29.5 Å². The van der Waals surface area contributed by atoms with Crippen molar-refractivity contribution in [3.8, 4) is 5.75 Å². The number of halogens is 1. The number of thiazole rings is 1. The lowest BCUT2D eigenvalue weighted by Crippen LogP contribution is -1.98. The van der Waals surface area contributed by atoms with Crippen LogP contribution in [0.3, 0.4) is 0 Å². The van der Waals surface area contributed by atoms with Gasteiger partial charge in [-0.25, -0.2) is 4.98 Å². The Morgan fingerprint density at radius 3 is 2.79 bits per heavy atom. The predicted molar refractivity (Wildman–Crippen MR) is 79.8 cm³/mol. The van der Waals surface area contributed by atoms with E-state index < -0.39 is 0 Å². The highest BCUT2D eigenvalue weighted by Crippen LogP contribution is 2.32. The molecule has 96 valence electrons. The van der Waals surface area contributed by atoms with Gasteiger partial charge in [-0.15, -0.1) is 11.3 Å². The van der Waals surface area contributed by atoms with Gasteiger partial charge in [-0.3, -0.25) is 0 Å². The lowest BCUT2D eigenvalue weighted by molar-refractivity contribution is 0.308. The number of ether oxygens (including phenoxy) is 1. The lowest BCUT2D eigenvalue weighted by atomic mass is 10.3. The molecule has 1 heterocycles. The highest BCUT2D eigenvalue weighted by Gasteiger charge is 2.08. The molecular formula is C14H11ClN2OS. The number of nitrogens with zero attached hydrogens (tertiary/aromatic N) is 1. The van der Waals surface area contributed by atoms with Crippen LogP contribution in [0.4, 0.5) is 5.69 Å². The molecule has 0 unspecified atom stereocenters. The van der Waals surface area contributed by atoms with Crippen LogP contribution in [0.15, 0.2) is 42.5 Å². The Bertz CT molecular complexity index is 673. The average Bonchev–Trinajstić information content (AvgIpc) is 2.81. The Morgan fingerprint density at radius 2 is 2.00 bits per heavy atom. The molecule has 1 aromatic heterocycles. The van der Waals surface area contributed by atoms with Gasteiger partial charge in [-0.1, -0.05) is 29.8 Å². The number of benzene rings is 2. The van der Waals surface area contributed by atoms with Crippen molar-refractivity contribution < 1.29 is 4.74 Å². The third-order valence-corrected chi connectivity index (χ3v) is 3.98. The Hall–Kier alpha value is -1.78. The molecule has 3 nitrogen and oxygen atoms in total. The van der Waals surface area contributed by atoms with Crippen LogP contribution in [-0.2, 0) is 6.61 Å². The maximum atomic E-state index is 6.05. The Labute approximate surface area is 119 Å². The van der Waals surface area contributed by atoms with E-state index in [-0.39, 0.29) is 0 Å². The molecule has 0 spiro atoms. The van der Waals surface area contributed by atoms with Gasteiger partial charge in [0.15, 0.2) is 5.75 Å². The summed E-state index contributed by atoms with van der Waals surface area (Å²) in [5.41, 5.74) is 7.35. The maximum Gasteiger partial charge on any atom is 0.161 e. The van der Waals surface area contributed by atoms with Gasteiger partial charge in [0.05, 0.1) is 20.9 Å². The molecule has 0 saturated heterocycles. The van der Waals surface area contributed by atoms with Gasteiger partial charge in [-0.2, -0.15) is 0 Å². The first-order valence-electron chi connectivity index (χ1n) is 5.75. The number of aromatic nitrogens is 1. The summed E-state index contributed by atoms with van der Waals surface area (Å²) in [6.45, 7) is 0.368. The van der Waals surface area contributed by atoms with Crippen molar-refractivity contribution >= 4 is 38.8 Å². The van der Waals surface area contributed by atoms with Crippen LogP contribution in [0.5, 0.6) is 5.75 Å². The molecule has 2 aromatic carbocycles. The summed E-state index contributed by atoms with van der Waals surface area (Å²) in [5.74, 6) is 0.517. The van der Waals surface area contributed by atoms with Gasteiger partial charge >= 0.3 is 0 Å². The first-order valence-corrected chi connectivity index (χ1v) is 6.95. The second-order valence-corrected chi connectivity index (χ2v) is 5.54. The number of nitrogen functional groups attached to an aromatic ring is 1. The zero-order chi connectivity index (χ0) is 13.2. The van der Waals surface area contributed by atoms with Crippen molar-refractivity contribution in [2.45, 2.75) is 6.61 Å². The van der Waals surface area contributed by atoms with Crippen molar-refractivity contribution in [2.24, 2.45) is 0 Å². The number of anilines is 1. The molecule has 3 aromatic rings. The smallest absolute Gasteiger partial charge is 0.161 e. The summed E-state index contributed by atoms with van der Waals surface area (Å²) in [5, 5.41) is 1.42. The van der Waals surface area contributed by atoms with E-state index in [1.807, 2.05) is 24.3 Å². The summed E-state index contributed by atoms with van der Waals surface area (Å²) >= 11 is 7.66. The SMILES string of the molecule is Nc1cccc(Cl)c1OCc1nc2ccccc2s1. The second-order valence-electron chi connectivity index (χ2n) is 4.02. The number of fused-ring (bicyclic) bond motifs is 1. The number of nitrogens with two attached hydrogens (primary N) is 1. The summed E-state index contributed by atoms with van der Waals surface area (Å²) in [7, 11) is 0. The van der Waals surface area contributed by atoms with E-state index in [0.29, 0.717) is 23.1 Å². The summed E-state index contributed by atoms with van der Waals surface area (Å²) < 4.78 is 6.82. The van der Waals surface area contributed by atoms with Crippen LogP contribution < -0.4 is 10.5 Å². The lowest BCUT2D eigenvalue weighted by Gasteiger charge is -2.08. The van der Waals surface area contributed by atoms with Crippen LogP contribution in [0, 0.1) is 0 Å². The zero-order valence-corrected chi connectivity index (χ0v) is 11.5. The van der Waals surface area contributed by atoms with Crippen molar-refractivity contribution in [3.63, 3.8) is 0 Å². The van der Waals surface area contributed by atoms with Crippen LogP contribution in [-0.4, -0.2) is 4.98 Å². The zero-order valence-electron chi connectivity index (χ0n) is 9.97. The summed E-state index contributed by atoms with van der Waals surface area (Å²) in [6.07, 6.45) is 0. The molecule has 0 amide bonds. The van der Waals surface area contributed by atoms with Gasteiger partial charge in [0.1, 0.15) is 11.6 Å². The van der Waals surface area contributed by atoms with Gasteiger partial charge in [-0.05, 0) is 24.3 Å². The van der Waals surface area contributed by atoms with E-state index in [0.717, 1.165) is 15.2 Å². The van der Waals surface area contributed by atoms with E-state index in [2.05, 4.69) is 4.98 Å². The second kappa shape index (κ2) is 5.07. The third-order valence-electron chi connectivity index (χ3n) is 2.68. The molecule has 0 aliphatic carbocycles. The molecule has 0 aliphatic heterocycles. The summed E-state index contributed by atoms with van der Waals surface area (Å²) in [4.78, 5) is 4.50. The first-order chi connectivity index (χ1) is 9.24. The van der Waals surface area contributed by atoms with Crippen molar-refractivity contribution in [2.75, 3.05) is 5.73 Å². The van der Waals surface area contributed by atoms with E-state index in [4.69, 9.17) is 22.1 Å². The number of para-hydroxylation sites is 2. The summed E-state index contributed by atoms with van der Waals surface area (Å²) in [6, 6.07) is 13.3. The minimum Gasteiger partial charge on any atom is -0.483 e.